The highest BCUT2D eigenvalue weighted by molar-refractivity contribution is 5.42. The van der Waals surface area contributed by atoms with Crippen molar-refractivity contribution >= 4 is 0 Å². The van der Waals surface area contributed by atoms with Crippen molar-refractivity contribution in [3.05, 3.63) is 29.3 Å². The third kappa shape index (κ3) is 2.39. The second kappa shape index (κ2) is 3.63. The average Bonchev–Trinajstić information content (AvgIpc) is 2.13. The Morgan fingerprint density at radius 3 is 2.59 bits per heavy atom. The summed E-state index contributed by atoms with van der Waals surface area (Å²) in [6.07, 6.45) is -3.84. The molecule has 0 fully saturated rings. The van der Waals surface area contributed by atoms with Gasteiger partial charge < -0.3 is 10.5 Å². The van der Waals surface area contributed by atoms with Gasteiger partial charge in [-0.1, -0.05) is 0 Å². The van der Waals surface area contributed by atoms with Gasteiger partial charge >= 0.3 is 6.18 Å². The van der Waals surface area contributed by atoms with Gasteiger partial charge in [0, 0.05) is 18.0 Å². The average molecular weight is 245 g/mol. The Kier molecular flexibility index (Phi) is 2.61. The highest BCUT2D eigenvalue weighted by atomic mass is 19.4. The molecule has 0 amide bonds. The fourth-order valence-electron chi connectivity index (χ4n) is 2.09. The Morgan fingerprint density at radius 1 is 1.35 bits per heavy atom. The summed E-state index contributed by atoms with van der Waals surface area (Å²) in [5.41, 5.74) is 5.19. The highest BCUT2D eigenvalue weighted by Gasteiger charge is 2.36. The fourth-order valence-corrected chi connectivity index (χ4v) is 2.09. The standard InChI is InChI=1S/C12H14F3NO/c1-11(2)6-9(16)8-5-7(12(13,14)15)3-4-10(8)17-11/h3-5,9H,6,16H2,1-2H3/t9-/m0/s1. The summed E-state index contributed by atoms with van der Waals surface area (Å²) >= 11 is 0. The summed E-state index contributed by atoms with van der Waals surface area (Å²) in [6, 6.07) is 3.03. The maximum absolute atomic E-state index is 12.6. The van der Waals surface area contributed by atoms with E-state index in [1.165, 1.54) is 6.07 Å². The van der Waals surface area contributed by atoms with E-state index in [0.29, 0.717) is 17.7 Å². The number of alkyl halides is 3. The van der Waals surface area contributed by atoms with Crippen LogP contribution in [0.2, 0.25) is 0 Å². The summed E-state index contributed by atoms with van der Waals surface area (Å²) in [6.45, 7) is 3.74. The number of halogens is 3. The molecule has 0 unspecified atom stereocenters. The molecule has 17 heavy (non-hydrogen) atoms. The van der Waals surface area contributed by atoms with Crippen molar-refractivity contribution in [2.45, 2.75) is 38.1 Å². The Bertz CT molecular complexity index is 440. The molecule has 1 aliphatic rings. The van der Waals surface area contributed by atoms with Gasteiger partial charge in [-0.2, -0.15) is 13.2 Å². The normalized spacial score (nSPS) is 22.8. The van der Waals surface area contributed by atoms with Gasteiger partial charge in [-0.3, -0.25) is 0 Å². The number of hydrogen-bond donors (Lipinski definition) is 1. The van der Waals surface area contributed by atoms with Crippen LogP contribution in [0.3, 0.4) is 0 Å². The second-order valence-corrected chi connectivity index (χ2v) is 4.92. The predicted octanol–water partition coefficient (Wildman–Crippen LogP) is 3.27. The monoisotopic (exact) mass is 245 g/mol. The molecule has 1 atom stereocenters. The molecule has 0 bridgehead atoms. The minimum Gasteiger partial charge on any atom is -0.487 e. The van der Waals surface area contributed by atoms with Crippen LogP contribution < -0.4 is 10.5 Å². The number of hydrogen-bond acceptors (Lipinski definition) is 2. The Morgan fingerprint density at radius 2 is 2.00 bits per heavy atom. The lowest BCUT2D eigenvalue weighted by Crippen LogP contribution is -2.37. The van der Waals surface area contributed by atoms with Crippen LogP contribution in [0.5, 0.6) is 5.75 Å². The highest BCUT2D eigenvalue weighted by Crippen LogP contribution is 2.41. The molecule has 0 radical (unpaired) electrons. The molecule has 0 aliphatic carbocycles. The Balaban J connectivity index is 2.44. The van der Waals surface area contributed by atoms with E-state index in [2.05, 4.69) is 0 Å². The molecule has 5 heteroatoms. The van der Waals surface area contributed by atoms with E-state index in [1.54, 1.807) is 0 Å². The van der Waals surface area contributed by atoms with E-state index in [4.69, 9.17) is 10.5 Å². The fraction of sp³-hybridized carbons (Fsp3) is 0.500. The smallest absolute Gasteiger partial charge is 0.416 e. The third-order valence-corrected chi connectivity index (χ3v) is 2.83. The maximum atomic E-state index is 12.6. The minimum absolute atomic E-state index is 0.420. The zero-order valence-corrected chi connectivity index (χ0v) is 9.64. The molecule has 2 rings (SSSR count). The molecule has 94 valence electrons. The summed E-state index contributed by atoms with van der Waals surface area (Å²) < 4.78 is 43.3. The third-order valence-electron chi connectivity index (χ3n) is 2.83. The van der Waals surface area contributed by atoms with Gasteiger partial charge in [0.25, 0.3) is 0 Å². The van der Waals surface area contributed by atoms with Crippen LogP contribution in [-0.2, 0) is 6.18 Å². The zero-order valence-electron chi connectivity index (χ0n) is 9.64. The first kappa shape index (κ1) is 12.2. The maximum Gasteiger partial charge on any atom is 0.416 e. The van der Waals surface area contributed by atoms with E-state index >= 15 is 0 Å². The first-order valence-corrected chi connectivity index (χ1v) is 5.35. The van der Waals surface area contributed by atoms with Crippen molar-refractivity contribution in [1.82, 2.24) is 0 Å². The predicted molar refractivity (Wildman–Crippen MR) is 57.7 cm³/mol. The van der Waals surface area contributed by atoms with Crippen LogP contribution in [-0.4, -0.2) is 5.60 Å². The molecule has 1 heterocycles. The van der Waals surface area contributed by atoms with Crippen molar-refractivity contribution in [3.8, 4) is 5.75 Å². The molecule has 2 N–H and O–H groups in total. The van der Waals surface area contributed by atoms with Crippen molar-refractivity contribution < 1.29 is 17.9 Å². The van der Waals surface area contributed by atoms with Crippen LogP contribution in [0.4, 0.5) is 13.2 Å². The van der Waals surface area contributed by atoms with Gasteiger partial charge in [-0.15, -0.1) is 0 Å². The van der Waals surface area contributed by atoms with Crippen LogP contribution >= 0.6 is 0 Å². The van der Waals surface area contributed by atoms with E-state index in [9.17, 15) is 13.2 Å². The SMILES string of the molecule is CC1(C)C[C@H](N)c2cc(C(F)(F)F)ccc2O1. The quantitative estimate of drug-likeness (QED) is 0.761. The summed E-state index contributed by atoms with van der Waals surface area (Å²) in [5.74, 6) is 0.446. The van der Waals surface area contributed by atoms with Gasteiger partial charge in [-0.25, -0.2) is 0 Å². The number of ether oxygens (including phenoxy) is 1. The minimum atomic E-state index is -4.35. The van der Waals surface area contributed by atoms with Gasteiger partial charge in [0.05, 0.1) is 5.56 Å². The molecule has 2 nitrogen and oxygen atoms in total. The van der Waals surface area contributed by atoms with Crippen LogP contribution in [0.15, 0.2) is 18.2 Å². The lowest BCUT2D eigenvalue weighted by molar-refractivity contribution is -0.137. The van der Waals surface area contributed by atoms with E-state index in [0.717, 1.165) is 12.1 Å². The summed E-state index contributed by atoms with van der Waals surface area (Å²) in [7, 11) is 0. The van der Waals surface area contributed by atoms with Gasteiger partial charge in [-0.05, 0) is 32.0 Å². The first-order chi connectivity index (χ1) is 7.69. The number of nitrogens with two attached hydrogens (primary N) is 1. The van der Waals surface area contributed by atoms with Crippen LogP contribution in [0.1, 0.15) is 37.4 Å². The van der Waals surface area contributed by atoms with Crippen molar-refractivity contribution in [2.75, 3.05) is 0 Å². The van der Waals surface area contributed by atoms with Crippen LogP contribution in [0, 0.1) is 0 Å². The molecular weight excluding hydrogens is 231 g/mol. The van der Waals surface area contributed by atoms with E-state index < -0.39 is 23.4 Å². The Hall–Kier alpha value is -1.23. The van der Waals surface area contributed by atoms with Crippen molar-refractivity contribution in [3.63, 3.8) is 0 Å². The van der Waals surface area contributed by atoms with Gasteiger partial charge in [0.15, 0.2) is 0 Å². The first-order valence-electron chi connectivity index (χ1n) is 5.35. The lowest BCUT2D eigenvalue weighted by atomic mass is 9.89. The topological polar surface area (TPSA) is 35.2 Å². The molecule has 1 aromatic carbocycles. The second-order valence-electron chi connectivity index (χ2n) is 4.92. The molecule has 0 saturated carbocycles. The molecule has 0 aromatic heterocycles. The molecule has 1 aromatic rings. The van der Waals surface area contributed by atoms with E-state index in [-0.39, 0.29) is 0 Å². The van der Waals surface area contributed by atoms with Crippen LogP contribution in [0.25, 0.3) is 0 Å². The molecular formula is C12H14F3NO. The Labute approximate surface area is 97.6 Å². The number of fused-ring (bicyclic) bond motifs is 1. The van der Waals surface area contributed by atoms with E-state index in [1.807, 2.05) is 13.8 Å². The van der Waals surface area contributed by atoms with Crippen molar-refractivity contribution in [1.29, 1.82) is 0 Å². The summed E-state index contributed by atoms with van der Waals surface area (Å²) in [5, 5.41) is 0. The zero-order chi connectivity index (χ0) is 12.8. The van der Waals surface area contributed by atoms with Gasteiger partial charge in [0.2, 0.25) is 0 Å². The van der Waals surface area contributed by atoms with Crippen molar-refractivity contribution in [2.24, 2.45) is 5.73 Å². The molecule has 1 aliphatic heterocycles. The lowest BCUT2D eigenvalue weighted by Gasteiger charge is -2.36. The number of benzene rings is 1. The van der Waals surface area contributed by atoms with Gasteiger partial charge in [0.1, 0.15) is 11.4 Å². The molecule has 0 saturated heterocycles. The largest absolute Gasteiger partial charge is 0.487 e. The molecule has 0 spiro atoms. The number of rotatable bonds is 0. The summed E-state index contributed by atoms with van der Waals surface area (Å²) in [4.78, 5) is 0.